The summed E-state index contributed by atoms with van der Waals surface area (Å²) in [5, 5.41) is 0. The number of aromatic nitrogens is 1. The van der Waals surface area contributed by atoms with Crippen LogP contribution in [-0.2, 0) is 22.4 Å². The van der Waals surface area contributed by atoms with Crippen molar-refractivity contribution in [2.75, 3.05) is 0 Å². The van der Waals surface area contributed by atoms with E-state index in [0.29, 0.717) is 22.4 Å². The highest BCUT2D eigenvalue weighted by Crippen LogP contribution is 2.23. The van der Waals surface area contributed by atoms with Crippen LogP contribution in [0.2, 0.25) is 0 Å². The zero-order chi connectivity index (χ0) is 22.7. The monoisotopic (exact) mass is 423 g/mol. The van der Waals surface area contributed by atoms with Gasteiger partial charge in [-0.1, -0.05) is 12.1 Å². The fourth-order valence-corrected chi connectivity index (χ4v) is 4.30. The van der Waals surface area contributed by atoms with Crippen LogP contribution in [-0.4, -0.2) is 34.4 Å². The summed E-state index contributed by atoms with van der Waals surface area (Å²) >= 11 is 0. The molecule has 1 aliphatic carbocycles. The first-order chi connectivity index (χ1) is 14.7. The van der Waals surface area contributed by atoms with Crippen molar-refractivity contribution in [1.82, 2.24) is 4.98 Å². The van der Waals surface area contributed by atoms with Crippen LogP contribution in [0.5, 0.6) is 0 Å². The van der Waals surface area contributed by atoms with Crippen molar-refractivity contribution >= 4 is 23.3 Å². The molecule has 0 unspecified atom stereocenters. The van der Waals surface area contributed by atoms with Crippen molar-refractivity contribution in [3.63, 3.8) is 0 Å². The van der Waals surface area contributed by atoms with Crippen molar-refractivity contribution in [1.29, 1.82) is 0 Å². The summed E-state index contributed by atoms with van der Waals surface area (Å²) in [6.45, 7) is 6.36. The normalized spacial score (nSPS) is 13.9. The molecule has 0 radical (unpaired) electrons. The Hall–Kier alpha value is -3.02. The van der Waals surface area contributed by atoms with Gasteiger partial charge in [0.15, 0.2) is 17.7 Å². The second-order valence-electron chi connectivity index (χ2n) is 8.29. The van der Waals surface area contributed by atoms with Crippen LogP contribution in [0.1, 0.15) is 93.1 Å². The van der Waals surface area contributed by atoms with Gasteiger partial charge >= 0.3 is 5.97 Å². The number of esters is 1. The van der Waals surface area contributed by atoms with Gasteiger partial charge in [0, 0.05) is 23.2 Å². The van der Waals surface area contributed by atoms with Crippen molar-refractivity contribution in [2.45, 2.75) is 72.3 Å². The summed E-state index contributed by atoms with van der Waals surface area (Å²) in [5.41, 5.74) is 5.07. The van der Waals surface area contributed by atoms with Crippen molar-refractivity contribution in [3.8, 4) is 0 Å². The Balaban J connectivity index is 1.57. The van der Waals surface area contributed by atoms with Crippen LogP contribution < -0.4 is 0 Å². The van der Waals surface area contributed by atoms with Crippen molar-refractivity contribution in [3.05, 3.63) is 57.4 Å². The fraction of sp³-hybridized carbons (Fsp3) is 0.440. The molecule has 0 saturated carbocycles. The smallest absolute Gasteiger partial charge is 0.306 e. The number of H-pyrrole nitrogens is 1. The average Bonchev–Trinajstić information content (AvgIpc) is 3.04. The van der Waals surface area contributed by atoms with Crippen LogP contribution >= 0.6 is 0 Å². The Kier molecular flexibility index (Phi) is 6.88. The minimum Gasteiger partial charge on any atom is -0.454 e. The highest BCUT2D eigenvalue weighted by Gasteiger charge is 2.26. The summed E-state index contributed by atoms with van der Waals surface area (Å²) < 4.78 is 5.26. The molecule has 0 spiro atoms. The van der Waals surface area contributed by atoms with Crippen LogP contribution in [0, 0.1) is 13.8 Å². The number of hydrogen-bond donors (Lipinski definition) is 1. The number of aryl methyl sites for hydroxylation is 3. The largest absolute Gasteiger partial charge is 0.454 e. The molecule has 0 bridgehead atoms. The SMILES string of the molecule is CC(=O)c1c(C)[nH]c(C(=O)[C@@H](C)OC(=O)CCC(=O)c2ccc3c(c2)CCCC3)c1C. The van der Waals surface area contributed by atoms with Gasteiger partial charge in [-0.2, -0.15) is 0 Å². The fourth-order valence-electron chi connectivity index (χ4n) is 4.30. The number of aromatic amines is 1. The molecule has 0 amide bonds. The van der Waals surface area contributed by atoms with Crippen LogP contribution in [0.15, 0.2) is 18.2 Å². The third kappa shape index (κ3) is 5.01. The Labute approximate surface area is 182 Å². The minimum atomic E-state index is -1.01. The zero-order valence-corrected chi connectivity index (χ0v) is 18.6. The molecule has 1 aromatic carbocycles. The second-order valence-corrected chi connectivity index (χ2v) is 8.29. The number of rotatable bonds is 8. The highest BCUT2D eigenvalue weighted by atomic mass is 16.5. The number of carbonyl (C=O) groups is 4. The standard InChI is InChI=1S/C25H29NO5/c1-14-23(16(3)27)15(2)26-24(14)25(30)17(4)31-22(29)12-11-21(28)20-10-9-18-7-5-6-8-19(18)13-20/h9-10,13,17,26H,5-8,11-12H2,1-4H3/t17-/m1/s1. The lowest BCUT2D eigenvalue weighted by Gasteiger charge is -2.16. The molecule has 0 fully saturated rings. The van der Waals surface area contributed by atoms with Crippen molar-refractivity contribution in [2.24, 2.45) is 0 Å². The first-order valence-electron chi connectivity index (χ1n) is 10.8. The second kappa shape index (κ2) is 9.41. The number of fused-ring (bicyclic) bond motifs is 1. The summed E-state index contributed by atoms with van der Waals surface area (Å²) in [5.74, 6) is -1.23. The van der Waals surface area contributed by atoms with E-state index in [1.165, 1.54) is 31.4 Å². The van der Waals surface area contributed by atoms with E-state index in [2.05, 4.69) is 4.98 Å². The predicted octanol–water partition coefficient (Wildman–Crippen LogP) is 4.49. The number of benzene rings is 1. The van der Waals surface area contributed by atoms with Gasteiger partial charge in [0.05, 0.1) is 12.1 Å². The maximum Gasteiger partial charge on any atom is 0.306 e. The lowest BCUT2D eigenvalue weighted by Crippen LogP contribution is -2.25. The molecule has 0 saturated heterocycles. The molecular weight excluding hydrogens is 394 g/mol. The maximum atomic E-state index is 12.7. The van der Waals surface area contributed by atoms with E-state index < -0.39 is 17.9 Å². The summed E-state index contributed by atoms with van der Waals surface area (Å²) in [6, 6.07) is 5.78. The molecule has 0 aliphatic heterocycles. The number of hydrogen-bond acceptors (Lipinski definition) is 5. The van der Waals surface area contributed by atoms with Crippen molar-refractivity contribution < 1.29 is 23.9 Å². The third-order valence-corrected chi connectivity index (χ3v) is 5.94. The van der Waals surface area contributed by atoms with Gasteiger partial charge in [-0.15, -0.1) is 0 Å². The van der Waals surface area contributed by atoms with E-state index in [1.54, 1.807) is 13.8 Å². The molecule has 1 aromatic heterocycles. The van der Waals surface area contributed by atoms with E-state index in [-0.39, 0.29) is 30.1 Å². The lowest BCUT2D eigenvalue weighted by atomic mass is 9.89. The molecule has 2 aromatic rings. The summed E-state index contributed by atoms with van der Waals surface area (Å²) in [4.78, 5) is 52.1. The number of ketones is 3. The van der Waals surface area contributed by atoms with E-state index in [9.17, 15) is 19.2 Å². The Morgan fingerprint density at radius 2 is 1.71 bits per heavy atom. The quantitative estimate of drug-likeness (QED) is 0.499. The van der Waals surface area contributed by atoms with E-state index in [4.69, 9.17) is 4.74 Å². The lowest BCUT2D eigenvalue weighted by molar-refractivity contribution is -0.146. The number of carbonyl (C=O) groups excluding carboxylic acids is 4. The van der Waals surface area contributed by atoms with E-state index in [1.807, 2.05) is 18.2 Å². The molecule has 6 heteroatoms. The van der Waals surface area contributed by atoms with Gasteiger partial charge in [0.2, 0.25) is 5.78 Å². The predicted molar refractivity (Wildman–Crippen MR) is 117 cm³/mol. The molecule has 164 valence electrons. The third-order valence-electron chi connectivity index (χ3n) is 5.94. The van der Waals surface area contributed by atoms with Gasteiger partial charge in [-0.3, -0.25) is 19.2 Å². The van der Waals surface area contributed by atoms with Gasteiger partial charge in [0.1, 0.15) is 0 Å². The van der Waals surface area contributed by atoms with Gasteiger partial charge in [-0.05, 0) is 76.1 Å². The molecule has 1 atom stereocenters. The first kappa shape index (κ1) is 22.7. The molecule has 1 heterocycles. The minimum absolute atomic E-state index is 0.0354. The first-order valence-corrected chi connectivity index (χ1v) is 10.8. The molecule has 1 N–H and O–H groups in total. The zero-order valence-electron chi connectivity index (χ0n) is 18.6. The van der Waals surface area contributed by atoms with Crippen LogP contribution in [0.3, 0.4) is 0 Å². The van der Waals surface area contributed by atoms with Gasteiger partial charge in [0.25, 0.3) is 0 Å². The molecule has 1 aliphatic rings. The number of nitrogens with one attached hydrogen (secondary N) is 1. The molecule has 3 rings (SSSR count). The summed E-state index contributed by atoms with van der Waals surface area (Å²) in [6.07, 6.45) is 3.29. The molecular formula is C25H29NO5. The van der Waals surface area contributed by atoms with E-state index >= 15 is 0 Å². The Morgan fingerprint density at radius 3 is 2.35 bits per heavy atom. The van der Waals surface area contributed by atoms with Gasteiger partial charge < -0.3 is 9.72 Å². The number of Topliss-reactive ketones (excluding diaryl/α,β-unsaturated/α-hetero) is 3. The molecule has 31 heavy (non-hydrogen) atoms. The molecule has 6 nitrogen and oxygen atoms in total. The van der Waals surface area contributed by atoms with Gasteiger partial charge in [-0.25, -0.2) is 0 Å². The van der Waals surface area contributed by atoms with E-state index in [0.717, 1.165) is 19.3 Å². The Bertz CT molecular complexity index is 1050. The average molecular weight is 424 g/mol. The maximum absolute atomic E-state index is 12.7. The highest BCUT2D eigenvalue weighted by molar-refractivity contribution is 6.05. The van der Waals surface area contributed by atoms with Crippen LogP contribution in [0.25, 0.3) is 0 Å². The topological polar surface area (TPSA) is 93.3 Å². The Morgan fingerprint density at radius 1 is 1.03 bits per heavy atom. The van der Waals surface area contributed by atoms with Crippen LogP contribution in [0.4, 0.5) is 0 Å². The number of ether oxygens (including phenoxy) is 1. The summed E-state index contributed by atoms with van der Waals surface area (Å²) in [7, 11) is 0.